The van der Waals surface area contributed by atoms with E-state index in [1.165, 1.54) is 25.7 Å². The third kappa shape index (κ3) is 1.32. The van der Waals surface area contributed by atoms with Crippen LogP contribution in [0.4, 0.5) is 0 Å². The van der Waals surface area contributed by atoms with E-state index in [0.717, 1.165) is 12.5 Å². The van der Waals surface area contributed by atoms with Crippen molar-refractivity contribution in [2.45, 2.75) is 64.1 Å². The molecular formula is C14H24BNO2. The lowest BCUT2D eigenvalue weighted by Crippen LogP contribution is -2.65. The van der Waals surface area contributed by atoms with Gasteiger partial charge in [-0.15, -0.1) is 0 Å². The van der Waals surface area contributed by atoms with Gasteiger partial charge in [-0.1, -0.05) is 13.8 Å². The fourth-order valence-corrected chi connectivity index (χ4v) is 5.01. The summed E-state index contributed by atoms with van der Waals surface area (Å²) in [7, 11) is -0.00218. The number of rotatable bonds is 1. The van der Waals surface area contributed by atoms with Crippen molar-refractivity contribution in [3.63, 3.8) is 0 Å². The number of hydrogen-bond donors (Lipinski definition) is 1. The second kappa shape index (κ2) is 3.53. The molecule has 1 N–H and O–H groups in total. The molecule has 0 aromatic rings. The Bertz CT molecular complexity index is 369. The molecule has 2 heterocycles. The summed E-state index contributed by atoms with van der Waals surface area (Å²) in [6.45, 7) is 8.25. The van der Waals surface area contributed by atoms with Crippen LogP contribution in [0.3, 0.4) is 0 Å². The van der Waals surface area contributed by atoms with E-state index in [1.807, 2.05) is 0 Å². The zero-order chi connectivity index (χ0) is 12.5. The van der Waals surface area contributed by atoms with Gasteiger partial charge in [-0.2, -0.15) is 0 Å². The predicted molar refractivity (Wildman–Crippen MR) is 71.1 cm³/mol. The van der Waals surface area contributed by atoms with E-state index < -0.39 is 0 Å². The third-order valence-corrected chi connectivity index (χ3v) is 6.40. The zero-order valence-corrected chi connectivity index (χ0v) is 11.7. The second-order valence-corrected chi connectivity index (χ2v) is 7.54. The SMILES string of the molecule is CC1(C)[C@H]2C[C@H]1[C@]1(C)OB([C@@H]3CCCN3)O[C@@H]1C2. The van der Waals surface area contributed by atoms with Gasteiger partial charge in [0.1, 0.15) is 0 Å². The van der Waals surface area contributed by atoms with Gasteiger partial charge >= 0.3 is 7.12 Å². The molecule has 3 saturated carbocycles. The van der Waals surface area contributed by atoms with Crippen molar-refractivity contribution >= 4 is 7.12 Å². The van der Waals surface area contributed by atoms with Crippen LogP contribution in [-0.2, 0) is 9.31 Å². The molecule has 5 aliphatic rings. The van der Waals surface area contributed by atoms with Crippen LogP contribution in [0.2, 0.25) is 0 Å². The van der Waals surface area contributed by atoms with Crippen LogP contribution >= 0.6 is 0 Å². The highest BCUT2D eigenvalue weighted by molar-refractivity contribution is 6.47. The fourth-order valence-electron chi connectivity index (χ4n) is 5.01. The molecule has 100 valence electrons. The van der Waals surface area contributed by atoms with Crippen molar-refractivity contribution in [1.29, 1.82) is 0 Å². The first-order valence-corrected chi connectivity index (χ1v) is 7.58. The largest absolute Gasteiger partial charge is 0.475 e. The van der Waals surface area contributed by atoms with Gasteiger partial charge in [-0.3, -0.25) is 0 Å². The fraction of sp³-hybridized carbons (Fsp3) is 1.00. The van der Waals surface area contributed by atoms with Gasteiger partial charge in [-0.25, -0.2) is 0 Å². The molecule has 0 amide bonds. The summed E-state index contributed by atoms with van der Waals surface area (Å²) in [5.41, 5.74) is 0.416. The lowest BCUT2D eigenvalue weighted by atomic mass is 9.43. The molecule has 4 heteroatoms. The standard InChI is InChI=1S/C14H24BNO2/c1-13(2)9-7-10(13)14(3)11(8-9)17-15(18-14)12-5-4-6-16-12/h9-12,16H,4-8H2,1-3H3/t9-,10+,11+,12-,14-/m0/s1. The molecular weight excluding hydrogens is 225 g/mol. The van der Waals surface area contributed by atoms with Gasteiger partial charge in [0.25, 0.3) is 0 Å². The second-order valence-electron chi connectivity index (χ2n) is 7.54. The van der Waals surface area contributed by atoms with Crippen molar-refractivity contribution in [1.82, 2.24) is 5.32 Å². The van der Waals surface area contributed by atoms with Crippen LogP contribution in [0.1, 0.15) is 46.5 Å². The van der Waals surface area contributed by atoms with Crippen LogP contribution in [-0.4, -0.2) is 31.3 Å². The molecule has 3 aliphatic carbocycles. The lowest BCUT2D eigenvalue weighted by Gasteiger charge is -2.64. The van der Waals surface area contributed by atoms with Gasteiger partial charge in [0, 0.05) is 5.94 Å². The molecule has 2 bridgehead atoms. The van der Waals surface area contributed by atoms with E-state index in [9.17, 15) is 0 Å². The Kier molecular flexibility index (Phi) is 2.30. The molecule has 0 aromatic carbocycles. The molecule has 5 atom stereocenters. The minimum atomic E-state index is -0.0345. The predicted octanol–water partition coefficient (Wildman–Crippen LogP) is 2.01. The van der Waals surface area contributed by atoms with Crippen molar-refractivity contribution in [2.75, 3.05) is 6.54 Å². The summed E-state index contributed by atoms with van der Waals surface area (Å²) < 4.78 is 12.7. The molecule has 2 aliphatic heterocycles. The topological polar surface area (TPSA) is 30.5 Å². The minimum Gasteiger partial charge on any atom is -0.404 e. The normalized spacial score (nSPS) is 53.2. The summed E-state index contributed by atoms with van der Waals surface area (Å²) in [4.78, 5) is 0. The maximum Gasteiger partial charge on any atom is 0.475 e. The van der Waals surface area contributed by atoms with E-state index >= 15 is 0 Å². The Morgan fingerprint density at radius 2 is 2.06 bits per heavy atom. The monoisotopic (exact) mass is 249 g/mol. The van der Waals surface area contributed by atoms with Gasteiger partial charge in [0.2, 0.25) is 0 Å². The third-order valence-electron chi connectivity index (χ3n) is 6.40. The first kappa shape index (κ1) is 11.7. The Morgan fingerprint density at radius 3 is 2.72 bits per heavy atom. The average Bonchev–Trinajstić information content (AvgIpc) is 2.92. The van der Waals surface area contributed by atoms with Crippen LogP contribution in [0.5, 0.6) is 0 Å². The van der Waals surface area contributed by atoms with E-state index in [4.69, 9.17) is 9.31 Å². The molecule has 0 spiro atoms. The van der Waals surface area contributed by atoms with Crippen LogP contribution in [0, 0.1) is 17.3 Å². The highest BCUT2D eigenvalue weighted by Crippen LogP contribution is 2.65. The van der Waals surface area contributed by atoms with Crippen LogP contribution in [0.15, 0.2) is 0 Å². The molecule has 5 rings (SSSR count). The Morgan fingerprint density at radius 1 is 1.22 bits per heavy atom. The van der Waals surface area contributed by atoms with Crippen molar-refractivity contribution in [3.05, 3.63) is 0 Å². The van der Waals surface area contributed by atoms with E-state index in [-0.39, 0.29) is 12.7 Å². The molecule has 2 saturated heterocycles. The summed E-state index contributed by atoms with van der Waals surface area (Å²) in [5.74, 6) is 1.95. The van der Waals surface area contributed by atoms with E-state index in [2.05, 4.69) is 26.1 Å². The summed E-state index contributed by atoms with van der Waals surface area (Å²) in [6, 6.07) is 0. The minimum absolute atomic E-state index is 0.00218. The Labute approximate surface area is 110 Å². The molecule has 18 heavy (non-hydrogen) atoms. The van der Waals surface area contributed by atoms with Crippen LogP contribution < -0.4 is 5.32 Å². The first-order chi connectivity index (χ1) is 8.52. The highest BCUT2D eigenvalue weighted by atomic mass is 16.7. The van der Waals surface area contributed by atoms with Gasteiger partial charge in [-0.05, 0) is 56.4 Å². The Hall–Kier alpha value is -0.0551. The molecule has 3 nitrogen and oxygen atoms in total. The summed E-state index contributed by atoms with van der Waals surface area (Å²) in [5, 5.41) is 3.52. The average molecular weight is 249 g/mol. The molecule has 5 fully saturated rings. The number of hydrogen-bond acceptors (Lipinski definition) is 3. The van der Waals surface area contributed by atoms with Crippen molar-refractivity contribution < 1.29 is 9.31 Å². The Balaban J connectivity index is 1.57. The zero-order valence-electron chi connectivity index (χ0n) is 11.7. The summed E-state index contributed by atoms with van der Waals surface area (Å²) in [6.07, 6.45) is 5.33. The van der Waals surface area contributed by atoms with Crippen molar-refractivity contribution in [2.24, 2.45) is 17.3 Å². The van der Waals surface area contributed by atoms with Gasteiger partial charge in [0.05, 0.1) is 11.7 Å². The highest BCUT2D eigenvalue weighted by Gasteiger charge is 2.68. The maximum absolute atomic E-state index is 6.44. The molecule has 0 radical (unpaired) electrons. The smallest absolute Gasteiger partial charge is 0.404 e. The van der Waals surface area contributed by atoms with Gasteiger partial charge in [0.15, 0.2) is 0 Å². The van der Waals surface area contributed by atoms with E-state index in [0.29, 0.717) is 23.4 Å². The molecule has 0 aromatic heterocycles. The van der Waals surface area contributed by atoms with Crippen molar-refractivity contribution in [3.8, 4) is 0 Å². The molecule has 0 unspecified atom stereocenters. The van der Waals surface area contributed by atoms with Gasteiger partial charge < -0.3 is 14.6 Å². The summed E-state index contributed by atoms with van der Waals surface area (Å²) >= 11 is 0. The van der Waals surface area contributed by atoms with E-state index in [1.54, 1.807) is 0 Å². The quantitative estimate of drug-likeness (QED) is 0.721. The van der Waals surface area contributed by atoms with Crippen LogP contribution in [0.25, 0.3) is 0 Å². The first-order valence-electron chi connectivity index (χ1n) is 7.58. The maximum atomic E-state index is 6.44. The number of nitrogens with one attached hydrogen (secondary N) is 1. The lowest BCUT2D eigenvalue weighted by molar-refractivity contribution is -0.199.